The first-order valence-corrected chi connectivity index (χ1v) is 5.33. The summed E-state index contributed by atoms with van der Waals surface area (Å²) in [6.45, 7) is -0.0523. The van der Waals surface area contributed by atoms with Gasteiger partial charge in [0.15, 0.2) is 11.4 Å². The minimum absolute atomic E-state index is 0.0261. The average molecular weight is 265 g/mol. The molecule has 1 saturated heterocycles. The molecule has 0 amide bonds. The van der Waals surface area contributed by atoms with Crippen LogP contribution in [0.15, 0.2) is 12.4 Å². The Balaban J connectivity index is 2.05. The summed E-state index contributed by atoms with van der Waals surface area (Å²) in [5.41, 5.74) is -2.65. The molecular formula is C10H11F4N3O. The molecule has 2 rings (SSSR count). The Bertz CT molecular complexity index is 412. The van der Waals surface area contributed by atoms with Gasteiger partial charge in [0.25, 0.3) is 0 Å². The van der Waals surface area contributed by atoms with Crippen molar-refractivity contribution in [2.45, 2.75) is 24.6 Å². The largest absolute Gasteiger partial charge is 0.417 e. The molecule has 0 spiro atoms. The van der Waals surface area contributed by atoms with Crippen LogP contribution < -0.4 is 4.90 Å². The molecule has 4 nitrogen and oxygen atoms in total. The summed E-state index contributed by atoms with van der Waals surface area (Å²) in [4.78, 5) is 8.86. The predicted octanol–water partition coefficient (Wildman–Crippen LogP) is 1.51. The van der Waals surface area contributed by atoms with E-state index in [-0.39, 0.29) is 19.0 Å². The maximum Gasteiger partial charge on any atom is 0.417 e. The lowest BCUT2D eigenvalue weighted by Gasteiger charge is -2.38. The maximum absolute atomic E-state index is 12.6. The Kier molecular flexibility index (Phi) is 3.14. The number of alkyl halides is 3. The van der Waals surface area contributed by atoms with Crippen LogP contribution in [0.3, 0.4) is 0 Å². The SMILES string of the molecule is OC1(C(F)(F)F)CCN(c2ncc(F)cn2)CC1. The number of hydrogen-bond acceptors (Lipinski definition) is 4. The summed E-state index contributed by atoms with van der Waals surface area (Å²) in [6, 6.07) is 0. The third-order valence-corrected chi connectivity index (χ3v) is 3.01. The number of anilines is 1. The number of halogens is 4. The summed E-state index contributed by atoms with van der Waals surface area (Å²) in [5.74, 6) is -0.441. The molecule has 0 unspecified atom stereocenters. The number of rotatable bonds is 1. The first-order chi connectivity index (χ1) is 8.32. The Morgan fingerprint density at radius 3 is 2.11 bits per heavy atom. The second-order valence-electron chi connectivity index (χ2n) is 4.22. The van der Waals surface area contributed by atoms with Crippen molar-refractivity contribution >= 4 is 5.95 Å². The van der Waals surface area contributed by atoms with Crippen LogP contribution in [0.5, 0.6) is 0 Å². The molecule has 1 aliphatic rings. The van der Waals surface area contributed by atoms with E-state index >= 15 is 0 Å². The van der Waals surface area contributed by atoms with Gasteiger partial charge in [0.2, 0.25) is 5.95 Å². The molecule has 0 aliphatic carbocycles. The van der Waals surface area contributed by atoms with Crippen LogP contribution in [0.2, 0.25) is 0 Å². The fourth-order valence-corrected chi connectivity index (χ4v) is 1.83. The van der Waals surface area contributed by atoms with Crippen molar-refractivity contribution in [1.82, 2.24) is 9.97 Å². The second-order valence-corrected chi connectivity index (χ2v) is 4.22. The lowest BCUT2D eigenvalue weighted by atomic mass is 9.91. The molecular weight excluding hydrogens is 254 g/mol. The Hall–Kier alpha value is -1.44. The van der Waals surface area contributed by atoms with Crippen molar-refractivity contribution in [3.63, 3.8) is 0 Å². The van der Waals surface area contributed by atoms with Crippen molar-refractivity contribution in [2.75, 3.05) is 18.0 Å². The minimum Gasteiger partial charge on any atom is -0.380 e. The zero-order valence-corrected chi connectivity index (χ0v) is 9.28. The topological polar surface area (TPSA) is 49.2 Å². The minimum atomic E-state index is -4.64. The van der Waals surface area contributed by atoms with E-state index in [4.69, 9.17) is 0 Å². The highest BCUT2D eigenvalue weighted by Crippen LogP contribution is 2.38. The molecule has 0 radical (unpaired) electrons. The van der Waals surface area contributed by atoms with Crippen LogP contribution in [0.25, 0.3) is 0 Å². The predicted molar refractivity (Wildman–Crippen MR) is 54.4 cm³/mol. The summed E-state index contributed by atoms with van der Waals surface area (Å²) < 4.78 is 50.3. The Morgan fingerprint density at radius 2 is 1.67 bits per heavy atom. The van der Waals surface area contributed by atoms with E-state index < -0.39 is 30.4 Å². The lowest BCUT2D eigenvalue weighted by molar-refractivity contribution is -0.266. The van der Waals surface area contributed by atoms with Gasteiger partial charge >= 0.3 is 6.18 Å². The van der Waals surface area contributed by atoms with Crippen molar-refractivity contribution in [2.24, 2.45) is 0 Å². The molecule has 1 aromatic rings. The quantitative estimate of drug-likeness (QED) is 0.782. The van der Waals surface area contributed by atoms with Crippen molar-refractivity contribution < 1.29 is 22.7 Å². The standard InChI is InChI=1S/C10H11F4N3O/c11-7-5-15-8(16-6-7)17-3-1-9(18,2-4-17)10(12,13)14/h5-6,18H,1-4H2. The molecule has 0 bridgehead atoms. The summed E-state index contributed by atoms with van der Waals surface area (Å²) in [5, 5.41) is 9.46. The van der Waals surface area contributed by atoms with Crippen LogP contribution in [0, 0.1) is 5.82 Å². The molecule has 1 fully saturated rings. The van der Waals surface area contributed by atoms with Gasteiger partial charge in [-0.05, 0) is 0 Å². The van der Waals surface area contributed by atoms with Crippen LogP contribution in [-0.4, -0.2) is 39.9 Å². The van der Waals surface area contributed by atoms with Crippen LogP contribution in [0.1, 0.15) is 12.8 Å². The van der Waals surface area contributed by atoms with Gasteiger partial charge in [-0.15, -0.1) is 0 Å². The van der Waals surface area contributed by atoms with Crippen molar-refractivity contribution in [3.05, 3.63) is 18.2 Å². The highest BCUT2D eigenvalue weighted by atomic mass is 19.4. The fourth-order valence-electron chi connectivity index (χ4n) is 1.83. The zero-order chi connectivity index (χ0) is 13.4. The van der Waals surface area contributed by atoms with E-state index in [1.807, 2.05) is 0 Å². The molecule has 18 heavy (non-hydrogen) atoms. The Morgan fingerprint density at radius 1 is 1.17 bits per heavy atom. The maximum atomic E-state index is 12.6. The first-order valence-electron chi connectivity index (χ1n) is 5.33. The van der Waals surface area contributed by atoms with E-state index in [9.17, 15) is 22.7 Å². The molecule has 8 heteroatoms. The number of hydrogen-bond donors (Lipinski definition) is 1. The third-order valence-electron chi connectivity index (χ3n) is 3.01. The van der Waals surface area contributed by atoms with E-state index in [0.29, 0.717) is 0 Å². The van der Waals surface area contributed by atoms with Gasteiger partial charge in [-0.3, -0.25) is 0 Å². The van der Waals surface area contributed by atoms with E-state index in [0.717, 1.165) is 12.4 Å². The fraction of sp³-hybridized carbons (Fsp3) is 0.600. The number of aromatic nitrogens is 2. The summed E-state index contributed by atoms with van der Waals surface area (Å²) in [7, 11) is 0. The van der Waals surface area contributed by atoms with Gasteiger partial charge in [0.1, 0.15) is 0 Å². The van der Waals surface area contributed by atoms with Crippen molar-refractivity contribution in [3.8, 4) is 0 Å². The van der Waals surface area contributed by atoms with Crippen LogP contribution >= 0.6 is 0 Å². The average Bonchev–Trinajstić information content (AvgIpc) is 2.30. The van der Waals surface area contributed by atoms with E-state index in [1.54, 1.807) is 0 Å². The van der Waals surface area contributed by atoms with Gasteiger partial charge in [-0.25, -0.2) is 14.4 Å². The summed E-state index contributed by atoms with van der Waals surface area (Å²) in [6.07, 6.45) is -3.63. The number of aliphatic hydroxyl groups is 1. The molecule has 0 saturated carbocycles. The Labute approximate surface area is 100 Å². The summed E-state index contributed by atoms with van der Waals surface area (Å²) >= 11 is 0. The van der Waals surface area contributed by atoms with Gasteiger partial charge in [0.05, 0.1) is 12.4 Å². The molecule has 2 heterocycles. The third kappa shape index (κ3) is 2.38. The first kappa shape index (κ1) is 13.0. The number of nitrogens with zero attached hydrogens (tertiary/aromatic N) is 3. The molecule has 1 N–H and O–H groups in total. The monoisotopic (exact) mass is 265 g/mol. The second kappa shape index (κ2) is 4.34. The molecule has 0 aromatic carbocycles. The van der Waals surface area contributed by atoms with E-state index in [2.05, 4.69) is 9.97 Å². The zero-order valence-electron chi connectivity index (χ0n) is 9.28. The van der Waals surface area contributed by atoms with Gasteiger partial charge < -0.3 is 10.0 Å². The van der Waals surface area contributed by atoms with Gasteiger partial charge in [0, 0.05) is 25.9 Å². The van der Waals surface area contributed by atoms with Crippen LogP contribution in [-0.2, 0) is 0 Å². The normalized spacial score (nSPS) is 19.9. The highest BCUT2D eigenvalue weighted by Gasteiger charge is 2.54. The van der Waals surface area contributed by atoms with Gasteiger partial charge in [-0.1, -0.05) is 0 Å². The lowest BCUT2D eigenvalue weighted by Crippen LogP contribution is -2.53. The molecule has 100 valence electrons. The van der Waals surface area contributed by atoms with E-state index in [1.165, 1.54) is 4.90 Å². The number of piperidine rings is 1. The smallest absolute Gasteiger partial charge is 0.380 e. The van der Waals surface area contributed by atoms with Crippen LogP contribution in [0.4, 0.5) is 23.5 Å². The molecule has 1 aromatic heterocycles. The molecule has 0 atom stereocenters. The highest BCUT2D eigenvalue weighted by molar-refractivity contribution is 5.30. The van der Waals surface area contributed by atoms with Gasteiger partial charge in [-0.2, -0.15) is 13.2 Å². The van der Waals surface area contributed by atoms with Crippen molar-refractivity contribution in [1.29, 1.82) is 0 Å². The molecule has 1 aliphatic heterocycles.